The Hall–Kier alpha value is -1.42. The molecule has 1 rings (SSSR count). The van der Waals surface area contributed by atoms with Gasteiger partial charge in [0.25, 0.3) is 0 Å². The highest BCUT2D eigenvalue weighted by molar-refractivity contribution is 5.81. The van der Waals surface area contributed by atoms with Gasteiger partial charge in [0.1, 0.15) is 0 Å². The van der Waals surface area contributed by atoms with Crippen molar-refractivity contribution in [3.63, 3.8) is 0 Å². The van der Waals surface area contributed by atoms with E-state index >= 15 is 0 Å². The van der Waals surface area contributed by atoms with Crippen molar-refractivity contribution in [1.82, 2.24) is 10.3 Å². The van der Waals surface area contributed by atoms with Crippen molar-refractivity contribution < 1.29 is 4.79 Å². The van der Waals surface area contributed by atoms with Gasteiger partial charge in [0.2, 0.25) is 5.91 Å². The molecule has 16 heavy (non-hydrogen) atoms. The molecule has 1 heterocycles. The molecule has 4 nitrogen and oxygen atoms in total. The standard InChI is InChI=1S/C12H19N3O/c1-3-9(2)11(13)12(16)15-8-10-6-4-5-7-14-10/h4-7,9,11H,3,8,13H2,1-2H3,(H,15,16)/t9-,11-/m1/s1. The highest BCUT2D eigenvalue weighted by atomic mass is 16.2. The zero-order chi connectivity index (χ0) is 12.0. The summed E-state index contributed by atoms with van der Waals surface area (Å²) in [4.78, 5) is 15.8. The predicted molar refractivity (Wildman–Crippen MR) is 63.5 cm³/mol. The summed E-state index contributed by atoms with van der Waals surface area (Å²) >= 11 is 0. The minimum atomic E-state index is -0.436. The lowest BCUT2D eigenvalue weighted by molar-refractivity contribution is -0.123. The molecule has 0 aromatic carbocycles. The van der Waals surface area contributed by atoms with Crippen LogP contribution < -0.4 is 11.1 Å². The highest BCUT2D eigenvalue weighted by Gasteiger charge is 2.18. The Bertz CT molecular complexity index is 326. The molecule has 4 heteroatoms. The number of nitrogens with two attached hydrogens (primary N) is 1. The van der Waals surface area contributed by atoms with Crippen LogP contribution in [0.5, 0.6) is 0 Å². The monoisotopic (exact) mass is 221 g/mol. The Morgan fingerprint density at radius 1 is 1.56 bits per heavy atom. The molecule has 0 aliphatic carbocycles. The minimum Gasteiger partial charge on any atom is -0.349 e. The Balaban J connectivity index is 2.41. The number of pyridine rings is 1. The lowest BCUT2D eigenvalue weighted by Gasteiger charge is -2.17. The quantitative estimate of drug-likeness (QED) is 0.781. The third-order valence-corrected chi connectivity index (χ3v) is 2.73. The van der Waals surface area contributed by atoms with Gasteiger partial charge in [0.05, 0.1) is 18.3 Å². The number of nitrogens with one attached hydrogen (secondary N) is 1. The summed E-state index contributed by atoms with van der Waals surface area (Å²) in [5.41, 5.74) is 6.64. The van der Waals surface area contributed by atoms with Gasteiger partial charge in [-0.05, 0) is 18.1 Å². The summed E-state index contributed by atoms with van der Waals surface area (Å²) < 4.78 is 0. The van der Waals surface area contributed by atoms with Crippen LogP contribution in [0.2, 0.25) is 0 Å². The molecule has 2 atom stereocenters. The largest absolute Gasteiger partial charge is 0.349 e. The summed E-state index contributed by atoms with van der Waals surface area (Å²) in [6, 6.07) is 5.17. The zero-order valence-corrected chi connectivity index (χ0v) is 9.81. The van der Waals surface area contributed by atoms with Crippen LogP contribution in [0.1, 0.15) is 26.0 Å². The van der Waals surface area contributed by atoms with Gasteiger partial charge in [-0.1, -0.05) is 26.3 Å². The first-order valence-corrected chi connectivity index (χ1v) is 5.58. The van der Waals surface area contributed by atoms with Gasteiger partial charge in [-0.3, -0.25) is 9.78 Å². The first kappa shape index (κ1) is 12.6. The molecule has 1 amide bonds. The molecule has 0 saturated heterocycles. The van der Waals surface area contributed by atoms with E-state index < -0.39 is 6.04 Å². The maximum absolute atomic E-state index is 11.7. The van der Waals surface area contributed by atoms with Crippen molar-refractivity contribution in [1.29, 1.82) is 0 Å². The average Bonchev–Trinajstić information content (AvgIpc) is 2.35. The van der Waals surface area contributed by atoms with Gasteiger partial charge in [-0.2, -0.15) is 0 Å². The van der Waals surface area contributed by atoms with Crippen molar-refractivity contribution in [2.45, 2.75) is 32.9 Å². The smallest absolute Gasteiger partial charge is 0.237 e. The Kier molecular flexibility index (Phi) is 4.92. The molecule has 3 N–H and O–H groups in total. The molecule has 1 aromatic rings. The molecule has 0 spiro atoms. The van der Waals surface area contributed by atoms with E-state index in [0.29, 0.717) is 6.54 Å². The SMILES string of the molecule is CC[C@@H](C)[C@@H](N)C(=O)NCc1ccccn1. The van der Waals surface area contributed by atoms with Crippen molar-refractivity contribution in [2.75, 3.05) is 0 Å². The fraction of sp³-hybridized carbons (Fsp3) is 0.500. The van der Waals surface area contributed by atoms with Gasteiger partial charge >= 0.3 is 0 Å². The Morgan fingerprint density at radius 3 is 2.88 bits per heavy atom. The fourth-order valence-electron chi connectivity index (χ4n) is 1.31. The maximum atomic E-state index is 11.7. The summed E-state index contributed by atoms with van der Waals surface area (Å²) in [7, 11) is 0. The van der Waals surface area contributed by atoms with Gasteiger partial charge in [-0.25, -0.2) is 0 Å². The second kappa shape index (κ2) is 6.23. The van der Waals surface area contributed by atoms with Crippen LogP contribution in [0, 0.1) is 5.92 Å². The summed E-state index contributed by atoms with van der Waals surface area (Å²) in [5, 5.41) is 2.79. The van der Waals surface area contributed by atoms with E-state index in [1.807, 2.05) is 32.0 Å². The number of rotatable bonds is 5. The van der Waals surface area contributed by atoms with Gasteiger partial charge < -0.3 is 11.1 Å². The van der Waals surface area contributed by atoms with Gasteiger partial charge in [-0.15, -0.1) is 0 Å². The molecule has 1 aromatic heterocycles. The van der Waals surface area contributed by atoms with Crippen molar-refractivity contribution in [2.24, 2.45) is 11.7 Å². The van der Waals surface area contributed by atoms with Crippen LogP contribution in [0.15, 0.2) is 24.4 Å². The van der Waals surface area contributed by atoms with Crippen LogP contribution >= 0.6 is 0 Å². The van der Waals surface area contributed by atoms with E-state index in [-0.39, 0.29) is 11.8 Å². The second-order valence-electron chi connectivity index (χ2n) is 3.95. The third kappa shape index (κ3) is 3.62. The number of hydrogen-bond donors (Lipinski definition) is 2. The van der Waals surface area contributed by atoms with Gasteiger partial charge in [0, 0.05) is 6.20 Å². The lowest BCUT2D eigenvalue weighted by atomic mass is 9.99. The molecule has 0 unspecified atom stereocenters. The number of nitrogens with zero attached hydrogens (tertiary/aromatic N) is 1. The molecular formula is C12H19N3O. The summed E-state index contributed by atoms with van der Waals surface area (Å²) in [6.07, 6.45) is 2.61. The lowest BCUT2D eigenvalue weighted by Crippen LogP contribution is -2.44. The molecule has 0 aliphatic rings. The number of hydrogen-bond acceptors (Lipinski definition) is 3. The normalized spacial score (nSPS) is 14.2. The van der Waals surface area contributed by atoms with Gasteiger partial charge in [0.15, 0.2) is 0 Å². The first-order chi connectivity index (χ1) is 7.65. The number of amides is 1. The number of carbonyl (C=O) groups excluding carboxylic acids is 1. The summed E-state index contributed by atoms with van der Waals surface area (Å²) in [6.45, 7) is 4.44. The molecule has 88 valence electrons. The molecule has 0 aliphatic heterocycles. The molecule has 0 radical (unpaired) electrons. The second-order valence-corrected chi connectivity index (χ2v) is 3.95. The number of aromatic nitrogens is 1. The third-order valence-electron chi connectivity index (χ3n) is 2.73. The molecule has 0 bridgehead atoms. The minimum absolute atomic E-state index is 0.111. The van der Waals surface area contributed by atoms with Crippen molar-refractivity contribution in [3.8, 4) is 0 Å². The van der Waals surface area contributed by atoms with Crippen molar-refractivity contribution in [3.05, 3.63) is 30.1 Å². The zero-order valence-electron chi connectivity index (χ0n) is 9.81. The Labute approximate surface area is 96.3 Å². The van der Waals surface area contributed by atoms with E-state index in [1.54, 1.807) is 6.20 Å². The maximum Gasteiger partial charge on any atom is 0.237 e. The predicted octanol–water partition coefficient (Wildman–Crippen LogP) is 1.07. The van der Waals surface area contributed by atoms with E-state index in [9.17, 15) is 4.79 Å². The van der Waals surface area contributed by atoms with Crippen LogP contribution in [-0.4, -0.2) is 16.9 Å². The van der Waals surface area contributed by atoms with E-state index in [0.717, 1.165) is 12.1 Å². The van der Waals surface area contributed by atoms with Crippen molar-refractivity contribution >= 4 is 5.91 Å². The molecular weight excluding hydrogens is 202 g/mol. The van der Waals surface area contributed by atoms with E-state index in [2.05, 4.69) is 10.3 Å². The van der Waals surface area contributed by atoms with Crippen LogP contribution in [0.25, 0.3) is 0 Å². The van der Waals surface area contributed by atoms with E-state index in [1.165, 1.54) is 0 Å². The van der Waals surface area contributed by atoms with E-state index in [4.69, 9.17) is 5.73 Å². The topological polar surface area (TPSA) is 68.0 Å². The first-order valence-electron chi connectivity index (χ1n) is 5.58. The van der Waals surface area contributed by atoms with Crippen LogP contribution in [0.3, 0.4) is 0 Å². The highest BCUT2D eigenvalue weighted by Crippen LogP contribution is 2.05. The fourth-order valence-corrected chi connectivity index (χ4v) is 1.31. The van der Waals surface area contributed by atoms with Crippen LogP contribution in [-0.2, 0) is 11.3 Å². The molecule has 0 saturated carbocycles. The Morgan fingerprint density at radius 2 is 2.31 bits per heavy atom. The number of carbonyl (C=O) groups is 1. The summed E-state index contributed by atoms with van der Waals surface area (Å²) in [5.74, 6) is 0.0868. The van der Waals surface area contributed by atoms with Crippen LogP contribution in [0.4, 0.5) is 0 Å². The average molecular weight is 221 g/mol. The molecule has 0 fully saturated rings.